The number of oxime groups is 1. The van der Waals surface area contributed by atoms with Crippen LogP contribution in [0, 0.1) is 0 Å². The molecular formula is C13H16ClN5O4S. The fraction of sp³-hybridized carbons (Fsp3) is 0.462. The zero-order valence-electron chi connectivity index (χ0n) is 13.0. The zero-order valence-corrected chi connectivity index (χ0v) is 14.5. The molecule has 0 aliphatic carbocycles. The summed E-state index contributed by atoms with van der Waals surface area (Å²) >= 11 is 6.53. The zero-order chi connectivity index (χ0) is 17.7. The van der Waals surface area contributed by atoms with Gasteiger partial charge in [0.2, 0.25) is 11.8 Å². The Morgan fingerprint density at radius 2 is 2.33 bits per heavy atom. The fourth-order valence-corrected chi connectivity index (χ4v) is 2.36. The van der Waals surface area contributed by atoms with E-state index in [1.54, 1.807) is 19.2 Å². The largest absolute Gasteiger partial charge is 0.392 e. The highest BCUT2D eigenvalue weighted by molar-refractivity contribution is 7.14. The molecule has 0 radical (unpaired) electrons. The molecule has 0 spiro atoms. The van der Waals surface area contributed by atoms with E-state index in [1.807, 2.05) is 0 Å². The Kier molecular flexibility index (Phi) is 6.10. The summed E-state index contributed by atoms with van der Waals surface area (Å²) in [6.07, 6.45) is -0.242. The Hall–Kier alpha value is -2.20. The van der Waals surface area contributed by atoms with Gasteiger partial charge in [-0.2, -0.15) is 0 Å². The van der Waals surface area contributed by atoms with Gasteiger partial charge in [-0.1, -0.05) is 5.16 Å². The van der Waals surface area contributed by atoms with Crippen LogP contribution in [0.4, 0.5) is 5.13 Å². The van der Waals surface area contributed by atoms with Crippen molar-refractivity contribution in [3.8, 4) is 0 Å². The van der Waals surface area contributed by atoms with Crippen LogP contribution in [0.5, 0.6) is 0 Å². The lowest BCUT2D eigenvalue weighted by molar-refractivity contribution is -0.131. The number of rotatable bonds is 7. The molecule has 1 unspecified atom stereocenters. The van der Waals surface area contributed by atoms with Gasteiger partial charge in [0.25, 0.3) is 5.91 Å². The van der Waals surface area contributed by atoms with Gasteiger partial charge in [0, 0.05) is 11.9 Å². The molecule has 0 saturated carbocycles. The number of hydrogen-bond acceptors (Lipinski definition) is 7. The highest BCUT2D eigenvalue weighted by Crippen LogP contribution is 2.17. The van der Waals surface area contributed by atoms with Crippen molar-refractivity contribution in [2.75, 3.05) is 17.7 Å². The first kappa shape index (κ1) is 18.1. The van der Waals surface area contributed by atoms with Crippen LogP contribution >= 0.6 is 22.9 Å². The Morgan fingerprint density at radius 1 is 1.58 bits per heavy atom. The van der Waals surface area contributed by atoms with E-state index in [4.69, 9.17) is 16.4 Å². The maximum atomic E-state index is 12.3. The van der Waals surface area contributed by atoms with Crippen molar-refractivity contribution < 1.29 is 19.2 Å². The van der Waals surface area contributed by atoms with E-state index in [-0.39, 0.29) is 34.4 Å². The number of alkyl halides is 1. The number of aromatic nitrogens is 1. The number of thiazole rings is 1. The van der Waals surface area contributed by atoms with Gasteiger partial charge >= 0.3 is 0 Å². The van der Waals surface area contributed by atoms with Crippen LogP contribution in [0.1, 0.15) is 19.5 Å². The molecule has 9 nitrogen and oxygen atoms in total. The molecule has 0 aromatic carbocycles. The normalized spacial score (nSPS) is 17.1. The molecular weight excluding hydrogens is 358 g/mol. The van der Waals surface area contributed by atoms with Crippen molar-refractivity contribution in [3.05, 3.63) is 11.1 Å². The van der Waals surface area contributed by atoms with Crippen LogP contribution < -0.4 is 16.0 Å². The summed E-state index contributed by atoms with van der Waals surface area (Å²) in [6.45, 7) is 3.87. The van der Waals surface area contributed by atoms with E-state index in [1.165, 1.54) is 0 Å². The van der Waals surface area contributed by atoms with Crippen molar-refractivity contribution in [1.29, 1.82) is 0 Å². The predicted octanol–water partition coefficient (Wildman–Crippen LogP) is 0.0641. The van der Waals surface area contributed by atoms with Gasteiger partial charge in [0.1, 0.15) is 23.7 Å². The predicted molar refractivity (Wildman–Crippen MR) is 89.2 cm³/mol. The van der Waals surface area contributed by atoms with E-state index in [0.29, 0.717) is 6.54 Å². The van der Waals surface area contributed by atoms with Crippen molar-refractivity contribution in [3.63, 3.8) is 0 Å². The van der Waals surface area contributed by atoms with Gasteiger partial charge in [0.15, 0.2) is 10.8 Å². The summed E-state index contributed by atoms with van der Waals surface area (Å²) in [5.41, 5.74) is 0.147. The van der Waals surface area contributed by atoms with Gasteiger partial charge in [0.05, 0.1) is 0 Å². The minimum Gasteiger partial charge on any atom is -0.392 e. The molecule has 1 aliphatic heterocycles. The lowest BCUT2D eigenvalue weighted by Gasteiger charge is -2.26. The second-order valence-electron chi connectivity index (χ2n) is 5.08. The van der Waals surface area contributed by atoms with Gasteiger partial charge in [-0.05, 0) is 13.8 Å². The molecule has 130 valence electrons. The number of amides is 3. The summed E-state index contributed by atoms with van der Waals surface area (Å²) in [5.74, 6) is -1.47. The summed E-state index contributed by atoms with van der Waals surface area (Å²) in [4.78, 5) is 44.2. The second kappa shape index (κ2) is 8.06. The third-order valence-corrected chi connectivity index (χ3v) is 3.79. The molecule has 2 rings (SSSR count). The second-order valence-corrected chi connectivity index (χ2v) is 6.21. The smallest absolute Gasteiger partial charge is 0.276 e. The van der Waals surface area contributed by atoms with Crippen LogP contribution in [-0.2, 0) is 19.2 Å². The number of halogens is 1. The van der Waals surface area contributed by atoms with E-state index in [2.05, 4.69) is 26.1 Å². The van der Waals surface area contributed by atoms with Gasteiger partial charge in [-0.15, -0.1) is 22.9 Å². The minimum absolute atomic E-state index is 0.0778. The fourth-order valence-electron chi connectivity index (χ4n) is 1.59. The maximum absolute atomic E-state index is 12.3. The summed E-state index contributed by atoms with van der Waals surface area (Å²) < 4.78 is 0. The summed E-state index contributed by atoms with van der Waals surface area (Å²) in [5, 5.41) is 13.2. The molecule has 1 atom stereocenters. The van der Waals surface area contributed by atoms with Gasteiger partial charge in [-0.25, -0.2) is 4.98 Å². The minimum atomic E-state index is -0.601. The topological polar surface area (TPSA) is 122 Å². The van der Waals surface area contributed by atoms with E-state index >= 15 is 0 Å². The molecule has 11 heteroatoms. The lowest BCUT2D eigenvalue weighted by Crippen LogP contribution is -2.62. The van der Waals surface area contributed by atoms with Crippen LogP contribution in [0.15, 0.2) is 10.5 Å². The SMILES string of the molecule is CC(C)O/N=C(/C(=O)NC1CNC1=O)c1csc(NC(=O)CCl)n1. The monoisotopic (exact) mass is 373 g/mol. The van der Waals surface area contributed by atoms with Crippen molar-refractivity contribution >= 4 is 51.5 Å². The maximum Gasteiger partial charge on any atom is 0.276 e. The summed E-state index contributed by atoms with van der Waals surface area (Å²) in [7, 11) is 0. The lowest BCUT2D eigenvalue weighted by atomic mass is 10.1. The molecule has 24 heavy (non-hydrogen) atoms. The van der Waals surface area contributed by atoms with Crippen molar-refractivity contribution in [1.82, 2.24) is 15.6 Å². The van der Waals surface area contributed by atoms with Gasteiger partial charge < -0.3 is 20.8 Å². The third kappa shape index (κ3) is 4.65. The highest BCUT2D eigenvalue weighted by atomic mass is 35.5. The molecule has 1 aliphatic rings. The molecule has 2 heterocycles. The first-order valence-corrected chi connectivity index (χ1v) is 8.46. The quantitative estimate of drug-likeness (QED) is 0.270. The number of nitrogens with zero attached hydrogens (tertiary/aromatic N) is 2. The highest BCUT2D eigenvalue weighted by Gasteiger charge is 2.31. The van der Waals surface area contributed by atoms with E-state index < -0.39 is 17.9 Å². The number of hydrogen-bond donors (Lipinski definition) is 3. The third-order valence-electron chi connectivity index (χ3n) is 2.79. The van der Waals surface area contributed by atoms with Crippen LogP contribution in [0.25, 0.3) is 0 Å². The standard InChI is InChI=1S/C13H16ClN5O4S/c1-6(2)23-19-10(12(22)16-7-4-15-11(7)21)8-5-24-13(17-8)18-9(20)3-14/h5-7H,3-4H2,1-2H3,(H,15,21)(H,16,22)(H,17,18,20)/b19-10+. The molecule has 1 aromatic rings. The molecule has 3 amide bonds. The number of β-lactam (4-membered cyclic amide) rings is 1. The van der Waals surface area contributed by atoms with Crippen LogP contribution in [0.2, 0.25) is 0 Å². The number of anilines is 1. The number of carbonyl (C=O) groups excluding carboxylic acids is 3. The van der Waals surface area contributed by atoms with Crippen molar-refractivity contribution in [2.45, 2.75) is 26.0 Å². The molecule has 1 saturated heterocycles. The number of nitrogens with one attached hydrogen (secondary N) is 3. The van der Waals surface area contributed by atoms with E-state index in [9.17, 15) is 14.4 Å². The molecule has 0 bridgehead atoms. The average molecular weight is 374 g/mol. The van der Waals surface area contributed by atoms with Crippen molar-refractivity contribution in [2.24, 2.45) is 5.16 Å². The molecule has 1 fully saturated rings. The van der Waals surface area contributed by atoms with E-state index in [0.717, 1.165) is 11.3 Å². The van der Waals surface area contributed by atoms with Crippen LogP contribution in [0.3, 0.4) is 0 Å². The summed E-state index contributed by atoms with van der Waals surface area (Å²) in [6, 6.07) is -0.601. The number of carbonyl (C=O) groups is 3. The molecule has 3 N–H and O–H groups in total. The van der Waals surface area contributed by atoms with Gasteiger partial charge in [-0.3, -0.25) is 14.4 Å². The first-order chi connectivity index (χ1) is 11.4. The Labute approximate surface area is 146 Å². The first-order valence-electron chi connectivity index (χ1n) is 7.04. The Bertz CT molecular complexity index is 675. The Morgan fingerprint density at radius 3 is 2.88 bits per heavy atom. The Balaban J connectivity index is 2.16. The van der Waals surface area contributed by atoms with Crippen LogP contribution in [-0.4, -0.2) is 53.0 Å². The average Bonchev–Trinajstić information content (AvgIpc) is 2.99. The molecule has 1 aromatic heterocycles.